The average Bonchev–Trinajstić information content (AvgIpc) is 3.56. The minimum Gasteiger partial charge on any atom is -0.489 e. The number of benzene rings is 3. The molecule has 0 aliphatic heterocycles. The van der Waals surface area contributed by atoms with Crippen LogP contribution in [0.2, 0.25) is 0 Å². The second-order valence-electron chi connectivity index (χ2n) is 10.0. The summed E-state index contributed by atoms with van der Waals surface area (Å²) in [6, 6.07) is 19.9. The zero-order chi connectivity index (χ0) is 26.9. The van der Waals surface area contributed by atoms with Crippen LogP contribution in [0.25, 0.3) is 33.0 Å². The first kappa shape index (κ1) is 25.8. The van der Waals surface area contributed by atoms with E-state index in [-0.39, 0.29) is 5.56 Å². The Hall–Kier alpha value is -3.49. The number of halogens is 1. The normalized spacial score (nSPS) is 14.1. The number of carboxylic acid groups (broad SMARTS) is 1. The number of aromatic carboxylic acids is 1. The Balaban J connectivity index is 1.27. The number of carboxylic acids is 1. The molecule has 0 bridgehead atoms. The molecule has 6 rings (SSSR count). The topological polar surface area (TPSA) is 77.2 Å². The van der Waals surface area contributed by atoms with Gasteiger partial charge in [-0.05, 0) is 74.4 Å². The molecule has 3 aromatic carbocycles. The van der Waals surface area contributed by atoms with Gasteiger partial charge < -0.3 is 14.4 Å². The number of carbonyl (C=O) groups is 1. The third kappa shape index (κ3) is 5.36. The SMILES string of the molecule is Cc1cnc(-c2ccc(Br)c(COc3ccc(-c4nc5cc(C(=O)O)ccc5n4C4CCCCC4)cc3)c2)s1. The number of aryl methyl sites for hydroxylation is 1. The molecule has 6 nitrogen and oxygen atoms in total. The van der Waals surface area contributed by atoms with E-state index in [9.17, 15) is 9.90 Å². The van der Waals surface area contributed by atoms with E-state index in [1.165, 1.54) is 24.1 Å². The fourth-order valence-corrected chi connectivity index (χ4v) is 6.43. The van der Waals surface area contributed by atoms with Gasteiger partial charge in [-0.1, -0.05) is 41.3 Å². The number of thiazole rings is 1. The molecule has 1 N–H and O–H groups in total. The highest BCUT2D eigenvalue weighted by Gasteiger charge is 2.23. The molecular weight excluding hydrogens is 574 g/mol. The summed E-state index contributed by atoms with van der Waals surface area (Å²) in [5.41, 5.74) is 5.09. The largest absolute Gasteiger partial charge is 0.489 e. The summed E-state index contributed by atoms with van der Waals surface area (Å²) in [6.07, 6.45) is 7.76. The Morgan fingerprint density at radius 2 is 1.82 bits per heavy atom. The van der Waals surface area contributed by atoms with Gasteiger partial charge in [0.1, 0.15) is 23.2 Å². The van der Waals surface area contributed by atoms with Crippen molar-refractivity contribution < 1.29 is 14.6 Å². The lowest BCUT2D eigenvalue weighted by Gasteiger charge is -2.25. The molecule has 2 heterocycles. The van der Waals surface area contributed by atoms with E-state index in [1.807, 2.05) is 42.6 Å². The molecule has 0 unspecified atom stereocenters. The molecule has 0 amide bonds. The molecular formula is C31H28BrN3O3S. The van der Waals surface area contributed by atoms with Crippen molar-refractivity contribution in [1.82, 2.24) is 14.5 Å². The lowest BCUT2D eigenvalue weighted by molar-refractivity contribution is 0.0697. The van der Waals surface area contributed by atoms with Crippen LogP contribution in [0.4, 0.5) is 0 Å². The molecule has 1 aliphatic carbocycles. The second kappa shape index (κ2) is 10.9. The molecule has 1 fully saturated rings. The van der Waals surface area contributed by atoms with Gasteiger partial charge in [0.25, 0.3) is 0 Å². The minimum atomic E-state index is -0.939. The summed E-state index contributed by atoms with van der Waals surface area (Å²) in [5, 5.41) is 10.5. The number of hydrogen-bond acceptors (Lipinski definition) is 5. The monoisotopic (exact) mass is 601 g/mol. The molecule has 2 aromatic heterocycles. The summed E-state index contributed by atoms with van der Waals surface area (Å²) < 4.78 is 9.48. The third-order valence-corrected chi connectivity index (χ3v) is 9.03. The van der Waals surface area contributed by atoms with Crippen LogP contribution in [0.1, 0.15) is 58.9 Å². The number of nitrogens with zero attached hydrogens (tertiary/aromatic N) is 3. The van der Waals surface area contributed by atoms with Gasteiger partial charge in [-0.3, -0.25) is 0 Å². The van der Waals surface area contributed by atoms with E-state index in [2.05, 4.69) is 44.5 Å². The summed E-state index contributed by atoms with van der Waals surface area (Å²) in [6.45, 7) is 2.49. The predicted octanol–water partition coefficient (Wildman–Crippen LogP) is 8.68. The first-order chi connectivity index (χ1) is 19.0. The maximum atomic E-state index is 11.6. The number of rotatable bonds is 7. The van der Waals surface area contributed by atoms with Crippen molar-refractivity contribution in [3.05, 3.63) is 87.3 Å². The van der Waals surface area contributed by atoms with E-state index in [0.717, 1.165) is 61.6 Å². The summed E-state index contributed by atoms with van der Waals surface area (Å²) >= 11 is 5.34. The van der Waals surface area contributed by atoms with Gasteiger partial charge in [0, 0.05) is 38.3 Å². The van der Waals surface area contributed by atoms with Crippen molar-refractivity contribution in [2.24, 2.45) is 0 Å². The molecule has 0 saturated heterocycles. The van der Waals surface area contributed by atoms with Crippen LogP contribution < -0.4 is 4.74 Å². The fourth-order valence-electron chi connectivity index (χ4n) is 5.31. The molecule has 39 heavy (non-hydrogen) atoms. The summed E-state index contributed by atoms with van der Waals surface area (Å²) in [7, 11) is 0. The molecule has 1 aliphatic rings. The van der Waals surface area contributed by atoms with Crippen LogP contribution in [0, 0.1) is 6.92 Å². The van der Waals surface area contributed by atoms with Gasteiger partial charge >= 0.3 is 5.97 Å². The molecule has 8 heteroatoms. The van der Waals surface area contributed by atoms with Crippen molar-refractivity contribution >= 4 is 44.3 Å². The standard InChI is InChI=1S/C31H28BrN3O3S/c1-19-17-33-30(39-19)21-9-13-26(32)23(15-21)18-38-25-11-7-20(8-12-25)29-34-27-16-22(31(36)37)10-14-28(27)35(29)24-5-3-2-4-6-24/h7-17,24H,2-6,18H2,1H3,(H,36,37). The zero-order valence-electron chi connectivity index (χ0n) is 21.6. The van der Waals surface area contributed by atoms with Gasteiger partial charge in [0.2, 0.25) is 0 Å². The number of aromatic nitrogens is 3. The number of ether oxygens (including phenoxy) is 1. The smallest absolute Gasteiger partial charge is 0.335 e. The second-order valence-corrected chi connectivity index (χ2v) is 12.1. The first-order valence-corrected chi connectivity index (χ1v) is 14.8. The molecule has 0 radical (unpaired) electrons. The van der Waals surface area contributed by atoms with E-state index >= 15 is 0 Å². The quantitative estimate of drug-likeness (QED) is 0.202. The Morgan fingerprint density at radius 1 is 1.05 bits per heavy atom. The van der Waals surface area contributed by atoms with E-state index < -0.39 is 5.97 Å². The molecule has 1 saturated carbocycles. The summed E-state index contributed by atoms with van der Waals surface area (Å²) in [5.74, 6) is 0.709. The highest BCUT2D eigenvalue weighted by atomic mass is 79.9. The number of fused-ring (bicyclic) bond motifs is 1. The fraction of sp³-hybridized carbons (Fsp3) is 0.258. The lowest BCUT2D eigenvalue weighted by atomic mass is 9.95. The number of imidazole rings is 1. The van der Waals surface area contributed by atoms with Crippen LogP contribution in [-0.2, 0) is 6.61 Å². The van der Waals surface area contributed by atoms with Crippen molar-refractivity contribution in [1.29, 1.82) is 0 Å². The Bertz CT molecular complexity index is 1650. The van der Waals surface area contributed by atoms with Crippen LogP contribution >= 0.6 is 27.3 Å². The van der Waals surface area contributed by atoms with E-state index in [1.54, 1.807) is 23.5 Å². The molecule has 198 valence electrons. The Labute approximate surface area is 239 Å². The zero-order valence-corrected chi connectivity index (χ0v) is 24.0. The highest BCUT2D eigenvalue weighted by Crippen LogP contribution is 2.37. The van der Waals surface area contributed by atoms with Crippen LogP contribution in [0.5, 0.6) is 5.75 Å². The van der Waals surface area contributed by atoms with Gasteiger partial charge in [-0.25, -0.2) is 14.8 Å². The third-order valence-electron chi connectivity index (χ3n) is 7.30. The van der Waals surface area contributed by atoms with Crippen LogP contribution in [0.3, 0.4) is 0 Å². The maximum absolute atomic E-state index is 11.6. The number of hydrogen-bond donors (Lipinski definition) is 1. The van der Waals surface area contributed by atoms with Gasteiger partial charge in [0.05, 0.1) is 16.6 Å². The van der Waals surface area contributed by atoms with E-state index in [4.69, 9.17) is 9.72 Å². The van der Waals surface area contributed by atoms with Gasteiger partial charge in [0.15, 0.2) is 0 Å². The van der Waals surface area contributed by atoms with Gasteiger partial charge in [-0.15, -0.1) is 11.3 Å². The van der Waals surface area contributed by atoms with Crippen LogP contribution in [0.15, 0.2) is 71.3 Å². The van der Waals surface area contributed by atoms with E-state index in [0.29, 0.717) is 12.6 Å². The van der Waals surface area contributed by atoms with Crippen molar-refractivity contribution in [3.8, 4) is 27.7 Å². The Morgan fingerprint density at radius 3 is 2.54 bits per heavy atom. The average molecular weight is 603 g/mol. The molecule has 0 atom stereocenters. The van der Waals surface area contributed by atoms with Crippen molar-refractivity contribution in [3.63, 3.8) is 0 Å². The van der Waals surface area contributed by atoms with Crippen molar-refractivity contribution in [2.75, 3.05) is 0 Å². The minimum absolute atomic E-state index is 0.256. The molecule has 5 aromatic rings. The Kier molecular flexibility index (Phi) is 7.23. The molecule has 0 spiro atoms. The predicted molar refractivity (Wildman–Crippen MR) is 159 cm³/mol. The lowest BCUT2D eigenvalue weighted by Crippen LogP contribution is -2.14. The van der Waals surface area contributed by atoms with Gasteiger partial charge in [-0.2, -0.15) is 0 Å². The maximum Gasteiger partial charge on any atom is 0.335 e. The van der Waals surface area contributed by atoms with Crippen molar-refractivity contribution in [2.45, 2.75) is 51.7 Å². The van der Waals surface area contributed by atoms with Crippen LogP contribution in [-0.4, -0.2) is 25.6 Å². The highest BCUT2D eigenvalue weighted by molar-refractivity contribution is 9.10. The first-order valence-electron chi connectivity index (χ1n) is 13.2. The summed E-state index contributed by atoms with van der Waals surface area (Å²) in [4.78, 5) is 22.2.